The molecular weight excluding hydrogens is 425 g/mol. The second-order valence-corrected chi connectivity index (χ2v) is 5.47. The molecule has 2 heterocycles. The van der Waals surface area contributed by atoms with E-state index in [2.05, 4.69) is 25.8 Å². The van der Waals surface area contributed by atoms with Crippen LogP contribution >= 0.6 is 24.0 Å². The number of aromatic nitrogens is 2. The molecule has 0 aromatic carbocycles. The zero-order chi connectivity index (χ0) is 16.3. The molecule has 1 atom stereocenters. The van der Waals surface area contributed by atoms with Crippen LogP contribution in [0.3, 0.4) is 0 Å². The van der Waals surface area contributed by atoms with Gasteiger partial charge in [-0.3, -0.25) is 4.99 Å². The number of halogens is 1. The summed E-state index contributed by atoms with van der Waals surface area (Å²) >= 11 is 0. The predicted molar refractivity (Wildman–Crippen MR) is 102 cm³/mol. The third kappa shape index (κ3) is 8.25. The summed E-state index contributed by atoms with van der Waals surface area (Å²) < 4.78 is 16.2. The Hall–Kier alpha value is -0.940. The highest BCUT2D eigenvalue weighted by molar-refractivity contribution is 14.0. The van der Waals surface area contributed by atoms with E-state index >= 15 is 0 Å². The molecule has 1 aliphatic heterocycles. The van der Waals surface area contributed by atoms with E-state index in [4.69, 9.17) is 14.0 Å². The van der Waals surface area contributed by atoms with Crippen LogP contribution in [0.2, 0.25) is 0 Å². The Bertz CT molecular complexity index is 477. The van der Waals surface area contributed by atoms with Gasteiger partial charge in [-0.05, 0) is 26.2 Å². The minimum atomic E-state index is 0. The first-order chi connectivity index (χ1) is 11.3. The van der Waals surface area contributed by atoms with Gasteiger partial charge in [-0.15, -0.1) is 24.0 Å². The highest BCUT2D eigenvalue weighted by Crippen LogP contribution is 2.11. The third-order valence-corrected chi connectivity index (χ3v) is 3.51. The fourth-order valence-corrected chi connectivity index (χ4v) is 2.32. The van der Waals surface area contributed by atoms with Crippen molar-refractivity contribution in [2.45, 2.75) is 38.7 Å². The van der Waals surface area contributed by atoms with Crippen molar-refractivity contribution in [3.63, 3.8) is 0 Å². The summed E-state index contributed by atoms with van der Waals surface area (Å²) in [7, 11) is 1.75. The lowest BCUT2D eigenvalue weighted by Crippen LogP contribution is -2.39. The normalized spacial score (nSPS) is 17.6. The van der Waals surface area contributed by atoms with Crippen molar-refractivity contribution in [2.24, 2.45) is 4.99 Å². The maximum Gasteiger partial charge on any atom is 0.228 e. The van der Waals surface area contributed by atoms with Gasteiger partial charge < -0.3 is 24.6 Å². The van der Waals surface area contributed by atoms with Crippen LogP contribution in [0.25, 0.3) is 0 Å². The van der Waals surface area contributed by atoms with Gasteiger partial charge in [0.2, 0.25) is 5.89 Å². The van der Waals surface area contributed by atoms with E-state index in [1.807, 2.05) is 6.92 Å². The van der Waals surface area contributed by atoms with Crippen LogP contribution in [0.1, 0.15) is 31.0 Å². The van der Waals surface area contributed by atoms with E-state index in [-0.39, 0.29) is 24.0 Å². The molecule has 1 aromatic rings. The molecule has 9 heteroatoms. The van der Waals surface area contributed by atoms with Crippen LogP contribution in [0, 0.1) is 6.92 Å². The molecule has 2 rings (SSSR count). The van der Waals surface area contributed by atoms with E-state index < -0.39 is 0 Å². The molecule has 1 unspecified atom stereocenters. The van der Waals surface area contributed by atoms with Crippen LogP contribution in [0.15, 0.2) is 9.52 Å². The molecule has 0 radical (unpaired) electrons. The minimum absolute atomic E-state index is 0. The first kappa shape index (κ1) is 21.1. The molecule has 0 saturated carbocycles. The average Bonchev–Trinajstić information content (AvgIpc) is 3.20. The summed E-state index contributed by atoms with van der Waals surface area (Å²) in [6, 6.07) is 0. The fourth-order valence-electron chi connectivity index (χ4n) is 2.32. The molecule has 0 bridgehead atoms. The van der Waals surface area contributed by atoms with Gasteiger partial charge in [0.15, 0.2) is 11.8 Å². The van der Waals surface area contributed by atoms with Gasteiger partial charge in [0.25, 0.3) is 0 Å². The van der Waals surface area contributed by atoms with E-state index in [1.165, 1.54) is 0 Å². The zero-order valence-corrected chi connectivity index (χ0v) is 16.7. The Kier molecular flexibility index (Phi) is 10.9. The number of nitrogens with zero attached hydrogens (tertiary/aromatic N) is 3. The summed E-state index contributed by atoms with van der Waals surface area (Å²) in [6.45, 7) is 5.62. The predicted octanol–water partition coefficient (Wildman–Crippen LogP) is 1.29. The summed E-state index contributed by atoms with van der Waals surface area (Å²) in [5, 5.41) is 10.2. The van der Waals surface area contributed by atoms with Gasteiger partial charge in [0.05, 0.1) is 12.7 Å². The Morgan fingerprint density at radius 3 is 2.88 bits per heavy atom. The topological polar surface area (TPSA) is 93.8 Å². The van der Waals surface area contributed by atoms with Gasteiger partial charge in [-0.25, -0.2) is 0 Å². The van der Waals surface area contributed by atoms with Crippen LogP contribution < -0.4 is 10.6 Å². The number of guanidine groups is 1. The quantitative estimate of drug-likeness (QED) is 0.252. The fraction of sp³-hybridized carbons (Fsp3) is 0.800. The van der Waals surface area contributed by atoms with E-state index in [1.54, 1.807) is 7.05 Å². The van der Waals surface area contributed by atoms with Crippen LogP contribution in [0.5, 0.6) is 0 Å². The van der Waals surface area contributed by atoms with E-state index in [0.717, 1.165) is 45.0 Å². The number of hydrogen-bond donors (Lipinski definition) is 2. The van der Waals surface area contributed by atoms with Crippen molar-refractivity contribution in [1.29, 1.82) is 0 Å². The Labute approximate surface area is 160 Å². The maximum atomic E-state index is 5.62. The largest absolute Gasteiger partial charge is 0.379 e. The standard InChI is InChI=1S/C15H27N5O3.HI/c1-12-19-14(23-20-12)6-8-18-15(16-2)17-7-4-9-21-11-13-5-3-10-22-13;/h13H,3-11H2,1-2H3,(H2,16,17,18);1H. The summed E-state index contributed by atoms with van der Waals surface area (Å²) in [6.07, 6.45) is 4.17. The Morgan fingerprint density at radius 1 is 1.38 bits per heavy atom. The van der Waals surface area contributed by atoms with Crippen LogP contribution in [0.4, 0.5) is 0 Å². The van der Waals surface area contributed by atoms with Crippen molar-refractivity contribution in [3.8, 4) is 0 Å². The highest BCUT2D eigenvalue weighted by atomic mass is 127. The number of aryl methyl sites for hydroxylation is 1. The molecule has 1 aromatic heterocycles. The molecule has 24 heavy (non-hydrogen) atoms. The summed E-state index contributed by atoms with van der Waals surface area (Å²) in [5.41, 5.74) is 0. The molecule has 138 valence electrons. The number of hydrogen-bond acceptors (Lipinski definition) is 6. The Morgan fingerprint density at radius 2 is 2.21 bits per heavy atom. The second-order valence-electron chi connectivity index (χ2n) is 5.47. The lowest BCUT2D eigenvalue weighted by Gasteiger charge is -2.12. The average molecular weight is 453 g/mol. The monoisotopic (exact) mass is 453 g/mol. The molecule has 1 saturated heterocycles. The van der Waals surface area contributed by atoms with Crippen molar-refractivity contribution in [3.05, 3.63) is 11.7 Å². The van der Waals surface area contributed by atoms with Crippen LogP contribution in [-0.2, 0) is 15.9 Å². The number of aliphatic imine (C=N–C) groups is 1. The van der Waals surface area contributed by atoms with Crippen molar-refractivity contribution in [1.82, 2.24) is 20.8 Å². The lowest BCUT2D eigenvalue weighted by molar-refractivity contribution is 0.0168. The molecule has 1 aliphatic rings. The molecular formula is C15H28IN5O3. The Balaban J connectivity index is 0.00000288. The third-order valence-electron chi connectivity index (χ3n) is 3.51. The smallest absolute Gasteiger partial charge is 0.228 e. The lowest BCUT2D eigenvalue weighted by atomic mass is 10.2. The van der Waals surface area contributed by atoms with Gasteiger partial charge in [0.1, 0.15) is 0 Å². The molecule has 2 N–H and O–H groups in total. The number of rotatable bonds is 9. The van der Waals surface area contributed by atoms with Crippen LogP contribution in [-0.4, -0.2) is 62.2 Å². The molecule has 8 nitrogen and oxygen atoms in total. The SMILES string of the molecule is CN=C(NCCCOCC1CCCO1)NCCc1nc(C)no1.I. The molecule has 0 amide bonds. The van der Waals surface area contributed by atoms with Crippen molar-refractivity contribution < 1.29 is 14.0 Å². The van der Waals surface area contributed by atoms with Crippen molar-refractivity contribution in [2.75, 3.05) is 40.0 Å². The second kappa shape index (κ2) is 12.4. The maximum absolute atomic E-state index is 5.62. The van der Waals surface area contributed by atoms with Gasteiger partial charge in [-0.1, -0.05) is 5.16 Å². The summed E-state index contributed by atoms with van der Waals surface area (Å²) in [4.78, 5) is 8.33. The first-order valence-electron chi connectivity index (χ1n) is 8.21. The number of ether oxygens (including phenoxy) is 2. The van der Waals surface area contributed by atoms with E-state index in [9.17, 15) is 0 Å². The first-order valence-corrected chi connectivity index (χ1v) is 8.21. The number of nitrogens with one attached hydrogen (secondary N) is 2. The zero-order valence-electron chi connectivity index (χ0n) is 14.4. The molecule has 0 aliphatic carbocycles. The van der Waals surface area contributed by atoms with Gasteiger partial charge in [0, 0.05) is 39.8 Å². The summed E-state index contributed by atoms with van der Waals surface area (Å²) in [5.74, 6) is 2.05. The molecule has 1 fully saturated rings. The highest BCUT2D eigenvalue weighted by Gasteiger charge is 2.14. The van der Waals surface area contributed by atoms with Gasteiger partial charge in [-0.2, -0.15) is 4.98 Å². The van der Waals surface area contributed by atoms with Crippen molar-refractivity contribution >= 4 is 29.9 Å². The van der Waals surface area contributed by atoms with Gasteiger partial charge >= 0.3 is 0 Å². The van der Waals surface area contributed by atoms with E-state index in [0.29, 0.717) is 37.4 Å². The minimum Gasteiger partial charge on any atom is -0.379 e. The molecule has 0 spiro atoms.